The summed E-state index contributed by atoms with van der Waals surface area (Å²) in [6.45, 7) is 6.96. The summed E-state index contributed by atoms with van der Waals surface area (Å²) in [6.07, 6.45) is 1.77. The number of ether oxygens (including phenoxy) is 1. The molecule has 1 unspecified atom stereocenters. The van der Waals surface area contributed by atoms with Crippen molar-refractivity contribution in [1.82, 2.24) is 15.6 Å². The van der Waals surface area contributed by atoms with Crippen LogP contribution in [-0.4, -0.2) is 37.8 Å². The van der Waals surface area contributed by atoms with E-state index < -0.39 is 0 Å². The van der Waals surface area contributed by atoms with E-state index in [9.17, 15) is 4.79 Å². The molecule has 1 aromatic rings. The van der Waals surface area contributed by atoms with Crippen LogP contribution in [0.3, 0.4) is 0 Å². The summed E-state index contributed by atoms with van der Waals surface area (Å²) >= 11 is 0. The highest BCUT2D eigenvalue weighted by Gasteiger charge is 2.03. The van der Waals surface area contributed by atoms with Crippen molar-refractivity contribution in [3.05, 3.63) is 33.7 Å². The number of rotatable bonds is 8. The summed E-state index contributed by atoms with van der Waals surface area (Å²) in [6, 6.07) is 1.93. The third-order valence-corrected chi connectivity index (χ3v) is 2.71. The van der Waals surface area contributed by atoms with Crippen LogP contribution in [0.15, 0.2) is 17.1 Å². The highest BCUT2D eigenvalue weighted by atomic mass is 16.5. The van der Waals surface area contributed by atoms with Gasteiger partial charge in [-0.2, -0.15) is 0 Å². The molecule has 5 nitrogen and oxygen atoms in total. The second-order valence-corrected chi connectivity index (χ2v) is 4.48. The Morgan fingerprint density at radius 1 is 1.50 bits per heavy atom. The summed E-state index contributed by atoms with van der Waals surface area (Å²) in [4.78, 5) is 14.7. The van der Waals surface area contributed by atoms with Gasteiger partial charge in [0.05, 0.1) is 6.61 Å². The van der Waals surface area contributed by atoms with Crippen molar-refractivity contribution in [2.75, 3.05) is 26.8 Å². The van der Waals surface area contributed by atoms with E-state index in [1.165, 1.54) is 0 Å². The monoisotopic (exact) mass is 253 g/mol. The molecule has 0 saturated heterocycles. The van der Waals surface area contributed by atoms with E-state index in [0.717, 1.165) is 24.3 Å². The molecular formula is C13H23N3O2. The lowest BCUT2D eigenvalue weighted by molar-refractivity contribution is 0.198. The Labute approximate surface area is 108 Å². The Balaban J connectivity index is 2.29. The first kappa shape index (κ1) is 14.9. The van der Waals surface area contributed by atoms with Crippen molar-refractivity contribution in [2.45, 2.75) is 26.4 Å². The SMILES string of the molecule is COCCNCC(C)NCc1c[nH]c(C)cc1=O. The van der Waals surface area contributed by atoms with Crippen LogP contribution in [0.4, 0.5) is 0 Å². The van der Waals surface area contributed by atoms with Gasteiger partial charge in [0.15, 0.2) is 5.43 Å². The van der Waals surface area contributed by atoms with Gasteiger partial charge in [-0.15, -0.1) is 0 Å². The van der Waals surface area contributed by atoms with Crippen molar-refractivity contribution in [3.63, 3.8) is 0 Å². The Bertz CT molecular complexity index is 403. The first-order valence-corrected chi connectivity index (χ1v) is 6.24. The van der Waals surface area contributed by atoms with Gasteiger partial charge in [0.2, 0.25) is 0 Å². The Morgan fingerprint density at radius 2 is 2.28 bits per heavy atom. The minimum atomic E-state index is 0.0818. The summed E-state index contributed by atoms with van der Waals surface area (Å²) < 4.78 is 4.95. The van der Waals surface area contributed by atoms with Gasteiger partial charge in [0, 0.05) is 56.3 Å². The number of H-pyrrole nitrogens is 1. The van der Waals surface area contributed by atoms with Crippen molar-refractivity contribution in [2.24, 2.45) is 0 Å². The first-order chi connectivity index (χ1) is 8.63. The number of aryl methyl sites for hydroxylation is 1. The molecule has 0 spiro atoms. The van der Waals surface area contributed by atoms with E-state index in [1.807, 2.05) is 6.92 Å². The highest BCUT2D eigenvalue weighted by Crippen LogP contribution is 1.92. The number of hydrogen-bond acceptors (Lipinski definition) is 4. The van der Waals surface area contributed by atoms with Gasteiger partial charge in [0.25, 0.3) is 0 Å². The van der Waals surface area contributed by atoms with Crippen molar-refractivity contribution in [1.29, 1.82) is 0 Å². The predicted molar refractivity (Wildman–Crippen MR) is 72.8 cm³/mol. The number of pyridine rings is 1. The fourth-order valence-electron chi connectivity index (χ4n) is 1.59. The molecule has 5 heteroatoms. The maximum absolute atomic E-state index is 11.7. The molecule has 1 rings (SSSR count). The molecule has 0 saturated carbocycles. The summed E-state index contributed by atoms with van der Waals surface area (Å²) in [5, 5.41) is 6.59. The summed E-state index contributed by atoms with van der Waals surface area (Å²) in [5.41, 5.74) is 1.74. The van der Waals surface area contributed by atoms with Crippen LogP contribution in [0.25, 0.3) is 0 Å². The molecule has 1 aromatic heterocycles. The third kappa shape index (κ3) is 5.44. The van der Waals surface area contributed by atoms with Crippen LogP contribution in [0.2, 0.25) is 0 Å². The minimum Gasteiger partial charge on any atom is -0.383 e. The van der Waals surface area contributed by atoms with E-state index in [4.69, 9.17) is 4.74 Å². The van der Waals surface area contributed by atoms with Gasteiger partial charge in [0.1, 0.15) is 0 Å². The second kappa shape index (κ2) is 8.02. The third-order valence-electron chi connectivity index (χ3n) is 2.71. The lowest BCUT2D eigenvalue weighted by atomic mass is 10.2. The molecule has 0 aliphatic rings. The molecule has 0 aromatic carbocycles. The smallest absolute Gasteiger partial charge is 0.186 e. The molecule has 1 atom stereocenters. The lowest BCUT2D eigenvalue weighted by Crippen LogP contribution is -2.37. The van der Waals surface area contributed by atoms with Crippen molar-refractivity contribution < 1.29 is 4.74 Å². The van der Waals surface area contributed by atoms with E-state index >= 15 is 0 Å². The van der Waals surface area contributed by atoms with Crippen LogP contribution in [0, 0.1) is 6.92 Å². The number of aromatic nitrogens is 1. The van der Waals surface area contributed by atoms with E-state index in [0.29, 0.717) is 19.2 Å². The molecule has 0 aliphatic carbocycles. The van der Waals surface area contributed by atoms with Crippen LogP contribution < -0.4 is 16.1 Å². The Morgan fingerprint density at radius 3 is 2.94 bits per heavy atom. The molecule has 102 valence electrons. The van der Waals surface area contributed by atoms with Crippen LogP contribution >= 0.6 is 0 Å². The number of nitrogens with one attached hydrogen (secondary N) is 3. The normalized spacial score (nSPS) is 12.6. The Hall–Kier alpha value is -1.17. The van der Waals surface area contributed by atoms with Gasteiger partial charge in [-0.3, -0.25) is 4.79 Å². The Kier molecular flexibility index (Phi) is 6.64. The largest absolute Gasteiger partial charge is 0.383 e. The van der Waals surface area contributed by atoms with Gasteiger partial charge in [-0.1, -0.05) is 0 Å². The zero-order valence-corrected chi connectivity index (χ0v) is 11.4. The van der Waals surface area contributed by atoms with Gasteiger partial charge in [-0.05, 0) is 13.8 Å². The second-order valence-electron chi connectivity index (χ2n) is 4.48. The minimum absolute atomic E-state index is 0.0818. The lowest BCUT2D eigenvalue weighted by Gasteiger charge is -2.14. The molecule has 3 N–H and O–H groups in total. The molecule has 0 amide bonds. The van der Waals surface area contributed by atoms with Gasteiger partial charge < -0.3 is 20.4 Å². The van der Waals surface area contributed by atoms with E-state index in [-0.39, 0.29) is 5.43 Å². The van der Waals surface area contributed by atoms with Crippen molar-refractivity contribution in [3.8, 4) is 0 Å². The topological polar surface area (TPSA) is 66.2 Å². The molecule has 0 radical (unpaired) electrons. The number of aromatic amines is 1. The average Bonchev–Trinajstić information content (AvgIpc) is 2.33. The van der Waals surface area contributed by atoms with E-state index in [2.05, 4.69) is 22.5 Å². The molecule has 0 bridgehead atoms. The van der Waals surface area contributed by atoms with Crippen LogP contribution in [0.1, 0.15) is 18.2 Å². The maximum Gasteiger partial charge on any atom is 0.186 e. The number of methoxy groups -OCH3 is 1. The van der Waals surface area contributed by atoms with Crippen LogP contribution in [0.5, 0.6) is 0 Å². The predicted octanol–water partition coefficient (Wildman–Crippen LogP) is 0.397. The van der Waals surface area contributed by atoms with Crippen LogP contribution in [-0.2, 0) is 11.3 Å². The average molecular weight is 253 g/mol. The molecule has 0 fully saturated rings. The van der Waals surface area contributed by atoms with E-state index in [1.54, 1.807) is 19.4 Å². The summed E-state index contributed by atoms with van der Waals surface area (Å²) in [5.74, 6) is 0. The standard InChI is InChI=1S/C13H23N3O2/c1-10-6-13(17)12(8-15-10)9-16-11(2)7-14-4-5-18-3/h6,8,11,14,16H,4-5,7,9H2,1-3H3,(H,15,17). The fourth-order valence-corrected chi connectivity index (χ4v) is 1.59. The van der Waals surface area contributed by atoms with Gasteiger partial charge in [-0.25, -0.2) is 0 Å². The molecule has 18 heavy (non-hydrogen) atoms. The zero-order chi connectivity index (χ0) is 13.4. The summed E-state index contributed by atoms with van der Waals surface area (Å²) in [7, 11) is 1.69. The molecule has 0 aliphatic heterocycles. The first-order valence-electron chi connectivity index (χ1n) is 6.24. The number of hydrogen-bond donors (Lipinski definition) is 3. The fraction of sp³-hybridized carbons (Fsp3) is 0.615. The molecule has 1 heterocycles. The quantitative estimate of drug-likeness (QED) is 0.587. The molecular weight excluding hydrogens is 230 g/mol. The van der Waals surface area contributed by atoms with Crippen molar-refractivity contribution >= 4 is 0 Å². The zero-order valence-electron chi connectivity index (χ0n) is 11.4. The highest BCUT2D eigenvalue weighted by molar-refractivity contribution is 5.13. The maximum atomic E-state index is 11.7. The van der Waals surface area contributed by atoms with Gasteiger partial charge >= 0.3 is 0 Å².